The second-order valence-electron chi connectivity index (χ2n) is 7.89. The van der Waals surface area contributed by atoms with Gasteiger partial charge in [-0.2, -0.15) is 0 Å². The number of rotatable bonds is 8. The number of carbonyl (C=O) groups is 1. The van der Waals surface area contributed by atoms with E-state index in [2.05, 4.69) is 4.98 Å². The molecular formula is C24H28N2O5S. The summed E-state index contributed by atoms with van der Waals surface area (Å²) in [6, 6.07) is 12.6. The molecule has 0 saturated heterocycles. The number of carbonyl (C=O) groups excluding carboxylic acids is 1. The van der Waals surface area contributed by atoms with Crippen LogP contribution < -0.4 is 0 Å². The number of sulfone groups is 1. The van der Waals surface area contributed by atoms with E-state index >= 15 is 0 Å². The van der Waals surface area contributed by atoms with Crippen molar-refractivity contribution in [3.8, 4) is 16.8 Å². The van der Waals surface area contributed by atoms with E-state index in [1.54, 1.807) is 25.1 Å². The number of aliphatic hydroxyl groups excluding tert-OH is 1. The van der Waals surface area contributed by atoms with Crippen molar-refractivity contribution in [2.75, 3.05) is 12.9 Å². The fourth-order valence-corrected chi connectivity index (χ4v) is 4.38. The molecule has 0 aliphatic rings. The van der Waals surface area contributed by atoms with E-state index in [4.69, 9.17) is 4.74 Å². The van der Waals surface area contributed by atoms with Crippen LogP contribution in [-0.4, -0.2) is 41.9 Å². The molecule has 170 valence electrons. The van der Waals surface area contributed by atoms with Crippen LogP contribution in [0, 0.1) is 0 Å². The topological polar surface area (TPSA) is 98.5 Å². The lowest BCUT2D eigenvalue weighted by molar-refractivity contribution is -0.142. The number of hydrogen-bond acceptors (Lipinski definition) is 6. The predicted molar refractivity (Wildman–Crippen MR) is 122 cm³/mol. The molecule has 0 radical (unpaired) electrons. The summed E-state index contributed by atoms with van der Waals surface area (Å²) in [4.78, 5) is 16.8. The van der Waals surface area contributed by atoms with Gasteiger partial charge in [0.15, 0.2) is 9.84 Å². The van der Waals surface area contributed by atoms with Crippen molar-refractivity contribution >= 4 is 15.8 Å². The van der Waals surface area contributed by atoms with Gasteiger partial charge in [-0.05, 0) is 47.7 Å². The Morgan fingerprint density at radius 2 is 1.78 bits per heavy atom. The van der Waals surface area contributed by atoms with E-state index in [1.165, 1.54) is 0 Å². The average Bonchev–Trinajstić information content (AvgIpc) is 3.17. The normalized spacial score (nSPS) is 11.7. The predicted octanol–water partition coefficient (Wildman–Crippen LogP) is 3.66. The number of esters is 1. The Morgan fingerprint density at radius 3 is 2.34 bits per heavy atom. The van der Waals surface area contributed by atoms with Crippen molar-refractivity contribution in [3.63, 3.8) is 0 Å². The molecule has 0 saturated carbocycles. The number of nitrogens with zero attached hydrogens (tertiary/aromatic N) is 2. The number of aliphatic hydroxyl groups is 1. The van der Waals surface area contributed by atoms with Crippen LogP contribution in [0.3, 0.4) is 0 Å². The van der Waals surface area contributed by atoms with E-state index in [9.17, 15) is 18.3 Å². The minimum atomic E-state index is -3.47. The second-order valence-corrected chi connectivity index (χ2v) is 9.87. The third-order valence-electron chi connectivity index (χ3n) is 5.11. The largest absolute Gasteiger partial charge is 0.466 e. The first-order valence-corrected chi connectivity index (χ1v) is 12.3. The zero-order chi connectivity index (χ0) is 23.5. The van der Waals surface area contributed by atoms with E-state index in [-0.39, 0.29) is 29.8 Å². The van der Waals surface area contributed by atoms with Gasteiger partial charge >= 0.3 is 5.97 Å². The van der Waals surface area contributed by atoms with Crippen LogP contribution in [0.1, 0.15) is 43.8 Å². The molecule has 32 heavy (non-hydrogen) atoms. The lowest BCUT2D eigenvalue weighted by Gasteiger charge is -2.11. The van der Waals surface area contributed by atoms with Gasteiger partial charge in [0.05, 0.1) is 23.8 Å². The van der Waals surface area contributed by atoms with Gasteiger partial charge in [-0.15, -0.1) is 0 Å². The van der Waals surface area contributed by atoms with Gasteiger partial charge in [-0.3, -0.25) is 4.79 Å². The minimum Gasteiger partial charge on any atom is -0.466 e. The van der Waals surface area contributed by atoms with E-state index in [0.717, 1.165) is 28.8 Å². The highest BCUT2D eigenvalue weighted by Crippen LogP contribution is 2.27. The van der Waals surface area contributed by atoms with Crippen molar-refractivity contribution in [3.05, 3.63) is 65.7 Å². The van der Waals surface area contributed by atoms with Crippen LogP contribution in [0.25, 0.3) is 16.8 Å². The van der Waals surface area contributed by atoms with Gasteiger partial charge in [-0.25, -0.2) is 13.4 Å². The minimum absolute atomic E-state index is 0.0721. The van der Waals surface area contributed by atoms with Crippen molar-refractivity contribution in [2.45, 2.75) is 44.6 Å². The molecule has 0 unspecified atom stereocenters. The summed E-state index contributed by atoms with van der Waals surface area (Å²) in [5.74, 6) is 0.478. The third-order valence-corrected chi connectivity index (χ3v) is 6.29. The Bertz CT molecular complexity index is 1210. The van der Waals surface area contributed by atoms with Crippen molar-refractivity contribution in [1.82, 2.24) is 9.55 Å². The molecule has 2 aromatic carbocycles. The molecule has 1 aromatic heterocycles. The summed E-state index contributed by atoms with van der Waals surface area (Å²) >= 11 is 0. The molecule has 3 aromatic rings. The Labute approximate surface area is 188 Å². The summed E-state index contributed by atoms with van der Waals surface area (Å²) in [5.41, 5.74) is 3.65. The first kappa shape index (κ1) is 23.7. The molecule has 0 bridgehead atoms. The molecule has 0 fully saturated rings. The Balaban J connectivity index is 1.98. The highest BCUT2D eigenvalue weighted by Gasteiger charge is 2.17. The first-order chi connectivity index (χ1) is 15.1. The standard InChI is InChI=1S/C24H28N2O5S/c1-5-31-24(28)13-23-25-21(16(2)3)14-26(23)20-10-8-17(9-11-20)18-6-7-19(15-27)22(12-18)32(4,29)30/h6-12,14,16,27H,5,13,15H2,1-4H3. The highest BCUT2D eigenvalue weighted by atomic mass is 32.2. The highest BCUT2D eigenvalue weighted by molar-refractivity contribution is 7.90. The molecule has 8 heteroatoms. The van der Waals surface area contributed by atoms with E-state index in [0.29, 0.717) is 18.0 Å². The maximum atomic E-state index is 12.1. The maximum Gasteiger partial charge on any atom is 0.313 e. The summed E-state index contributed by atoms with van der Waals surface area (Å²) in [5, 5.41) is 9.46. The SMILES string of the molecule is CCOC(=O)Cc1nc(C(C)C)cn1-c1ccc(-c2ccc(CO)c(S(C)(=O)=O)c2)cc1. The number of imidazole rings is 1. The van der Waals surface area contributed by atoms with Crippen LogP contribution in [0.15, 0.2) is 53.6 Å². The molecule has 1 N–H and O–H groups in total. The molecule has 1 heterocycles. The smallest absolute Gasteiger partial charge is 0.313 e. The zero-order valence-corrected chi connectivity index (χ0v) is 19.5. The van der Waals surface area contributed by atoms with Crippen LogP contribution in [0.5, 0.6) is 0 Å². The maximum absolute atomic E-state index is 12.1. The Morgan fingerprint density at radius 1 is 1.12 bits per heavy atom. The zero-order valence-electron chi connectivity index (χ0n) is 18.7. The van der Waals surface area contributed by atoms with Crippen molar-refractivity contribution < 1.29 is 23.1 Å². The Kier molecular flexibility index (Phi) is 7.16. The van der Waals surface area contributed by atoms with Crippen LogP contribution in [0.4, 0.5) is 0 Å². The van der Waals surface area contributed by atoms with Gasteiger partial charge in [0.1, 0.15) is 12.2 Å². The lowest BCUT2D eigenvalue weighted by atomic mass is 10.0. The number of aromatic nitrogens is 2. The molecule has 7 nitrogen and oxygen atoms in total. The van der Waals surface area contributed by atoms with Crippen LogP contribution in [0.2, 0.25) is 0 Å². The van der Waals surface area contributed by atoms with Gasteiger partial charge in [0.2, 0.25) is 0 Å². The first-order valence-electron chi connectivity index (χ1n) is 10.4. The average molecular weight is 457 g/mol. The quantitative estimate of drug-likeness (QED) is 0.520. The molecule has 0 aliphatic heterocycles. The molecule has 3 rings (SSSR count). The Hall–Kier alpha value is -2.97. The van der Waals surface area contributed by atoms with Gasteiger partial charge in [0, 0.05) is 18.1 Å². The summed E-state index contributed by atoms with van der Waals surface area (Å²) < 4.78 is 31.2. The molecule has 0 spiro atoms. The van der Waals surface area contributed by atoms with E-state index < -0.39 is 9.84 Å². The summed E-state index contributed by atoms with van der Waals surface area (Å²) in [7, 11) is -3.47. The van der Waals surface area contributed by atoms with Gasteiger partial charge < -0.3 is 14.4 Å². The van der Waals surface area contributed by atoms with E-state index in [1.807, 2.05) is 48.9 Å². The monoisotopic (exact) mass is 456 g/mol. The van der Waals surface area contributed by atoms with Gasteiger partial charge in [-0.1, -0.05) is 38.1 Å². The lowest BCUT2D eigenvalue weighted by Crippen LogP contribution is -2.12. The fraction of sp³-hybridized carbons (Fsp3) is 0.333. The number of hydrogen-bond donors (Lipinski definition) is 1. The van der Waals surface area contributed by atoms with Crippen LogP contribution >= 0.6 is 0 Å². The third kappa shape index (κ3) is 5.26. The molecular weight excluding hydrogens is 428 g/mol. The molecule has 0 aliphatic carbocycles. The van der Waals surface area contributed by atoms with Gasteiger partial charge in [0.25, 0.3) is 0 Å². The molecule has 0 amide bonds. The number of ether oxygens (including phenoxy) is 1. The van der Waals surface area contributed by atoms with Crippen molar-refractivity contribution in [1.29, 1.82) is 0 Å². The second kappa shape index (κ2) is 9.67. The van der Waals surface area contributed by atoms with Crippen LogP contribution in [-0.2, 0) is 32.4 Å². The van der Waals surface area contributed by atoms with Crippen molar-refractivity contribution in [2.24, 2.45) is 0 Å². The molecule has 0 atom stereocenters. The fourth-order valence-electron chi connectivity index (χ4n) is 3.43. The number of benzene rings is 2. The summed E-state index contributed by atoms with van der Waals surface area (Å²) in [6.45, 7) is 5.82. The summed E-state index contributed by atoms with van der Waals surface area (Å²) in [6.07, 6.45) is 3.12.